The van der Waals surface area contributed by atoms with Gasteiger partial charge in [0.15, 0.2) is 0 Å². The van der Waals surface area contributed by atoms with Gasteiger partial charge in [-0.2, -0.15) is 13.2 Å². The minimum atomic E-state index is -4.20. The van der Waals surface area contributed by atoms with Gasteiger partial charge in [-0.25, -0.2) is 0 Å². The van der Waals surface area contributed by atoms with Crippen LogP contribution in [0.15, 0.2) is 24.3 Å². The van der Waals surface area contributed by atoms with Gasteiger partial charge < -0.3 is 5.73 Å². The lowest BCUT2D eigenvalue weighted by Gasteiger charge is -2.31. The van der Waals surface area contributed by atoms with E-state index in [1.165, 1.54) is 4.90 Å². The largest absolute Gasteiger partial charge is 0.401 e. The third-order valence-electron chi connectivity index (χ3n) is 3.00. The summed E-state index contributed by atoms with van der Waals surface area (Å²) in [5, 5.41) is 0. The minimum absolute atomic E-state index is 0.175. The molecule has 0 spiro atoms. The zero-order valence-electron chi connectivity index (χ0n) is 10.7. The van der Waals surface area contributed by atoms with Crippen molar-refractivity contribution in [3.05, 3.63) is 35.4 Å². The van der Waals surface area contributed by atoms with Crippen molar-refractivity contribution in [3.63, 3.8) is 0 Å². The van der Waals surface area contributed by atoms with Crippen molar-refractivity contribution >= 4 is 0 Å². The molecule has 0 saturated heterocycles. The van der Waals surface area contributed by atoms with Crippen molar-refractivity contribution in [2.24, 2.45) is 5.73 Å². The Bertz CT molecular complexity index is 377. The number of likely N-dealkylation sites (N-methyl/N-ethyl adjacent to an activating group) is 1. The van der Waals surface area contributed by atoms with E-state index in [0.29, 0.717) is 6.54 Å². The van der Waals surface area contributed by atoms with Crippen molar-refractivity contribution < 1.29 is 13.2 Å². The summed E-state index contributed by atoms with van der Waals surface area (Å²) in [6.07, 6.45) is -4.20. The highest BCUT2D eigenvalue weighted by molar-refractivity contribution is 5.29. The van der Waals surface area contributed by atoms with Crippen molar-refractivity contribution in [2.75, 3.05) is 19.6 Å². The first-order chi connectivity index (χ1) is 8.39. The molecule has 102 valence electrons. The number of nitrogens with two attached hydrogens (primary N) is 1. The quantitative estimate of drug-likeness (QED) is 0.882. The third kappa shape index (κ3) is 3.99. The predicted molar refractivity (Wildman–Crippen MR) is 66.3 cm³/mol. The molecule has 2 N–H and O–H groups in total. The molecule has 18 heavy (non-hydrogen) atoms. The van der Waals surface area contributed by atoms with E-state index in [1.807, 2.05) is 31.2 Å². The van der Waals surface area contributed by atoms with Gasteiger partial charge >= 0.3 is 6.18 Å². The topological polar surface area (TPSA) is 29.3 Å². The van der Waals surface area contributed by atoms with Crippen LogP contribution < -0.4 is 5.73 Å². The van der Waals surface area contributed by atoms with Crippen LogP contribution in [0.5, 0.6) is 0 Å². The first-order valence-electron chi connectivity index (χ1n) is 5.95. The van der Waals surface area contributed by atoms with Crippen LogP contribution in [-0.4, -0.2) is 30.7 Å². The summed E-state index contributed by atoms with van der Waals surface area (Å²) in [4.78, 5) is 1.36. The maximum atomic E-state index is 12.5. The van der Waals surface area contributed by atoms with Gasteiger partial charge in [-0.15, -0.1) is 0 Å². The van der Waals surface area contributed by atoms with Crippen molar-refractivity contribution in [2.45, 2.75) is 26.1 Å². The monoisotopic (exact) mass is 260 g/mol. The molecule has 0 aliphatic rings. The summed E-state index contributed by atoms with van der Waals surface area (Å²) < 4.78 is 37.6. The highest BCUT2D eigenvalue weighted by atomic mass is 19.4. The van der Waals surface area contributed by atoms with Crippen molar-refractivity contribution in [1.82, 2.24) is 4.90 Å². The van der Waals surface area contributed by atoms with Crippen LogP contribution >= 0.6 is 0 Å². The van der Waals surface area contributed by atoms with Gasteiger partial charge in [0.05, 0.1) is 6.54 Å². The van der Waals surface area contributed by atoms with Gasteiger partial charge in [-0.3, -0.25) is 4.90 Å². The Morgan fingerprint density at radius 2 is 1.89 bits per heavy atom. The molecule has 0 bridgehead atoms. The normalized spacial score (nSPS) is 13.9. The lowest BCUT2D eigenvalue weighted by Crippen LogP contribution is -2.40. The molecule has 1 aromatic rings. The van der Waals surface area contributed by atoms with Gasteiger partial charge in [0.1, 0.15) is 0 Å². The van der Waals surface area contributed by atoms with E-state index < -0.39 is 18.8 Å². The molecule has 0 radical (unpaired) electrons. The molecule has 5 heteroatoms. The van der Waals surface area contributed by atoms with Crippen LogP contribution in [0.3, 0.4) is 0 Å². The van der Waals surface area contributed by atoms with Crippen molar-refractivity contribution in [3.8, 4) is 0 Å². The van der Waals surface area contributed by atoms with Gasteiger partial charge in [-0.05, 0) is 24.6 Å². The fourth-order valence-corrected chi connectivity index (χ4v) is 2.11. The summed E-state index contributed by atoms with van der Waals surface area (Å²) in [6, 6.07) is 7.03. The highest BCUT2D eigenvalue weighted by Gasteiger charge is 2.33. The molecule has 1 atom stereocenters. The van der Waals surface area contributed by atoms with Gasteiger partial charge in [0, 0.05) is 12.6 Å². The summed E-state index contributed by atoms with van der Waals surface area (Å²) in [5.74, 6) is 0. The molecule has 0 fully saturated rings. The van der Waals surface area contributed by atoms with Gasteiger partial charge in [0.2, 0.25) is 0 Å². The van der Waals surface area contributed by atoms with E-state index in [2.05, 4.69) is 0 Å². The molecule has 1 unspecified atom stereocenters. The lowest BCUT2D eigenvalue weighted by atomic mass is 10.00. The summed E-state index contributed by atoms with van der Waals surface area (Å²) >= 11 is 0. The molecule has 0 aromatic heterocycles. The van der Waals surface area contributed by atoms with E-state index in [9.17, 15) is 13.2 Å². The molecule has 1 rings (SSSR count). The molecule has 0 saturated carbocycles. The second-order valence-corrected chi connectivity index (χ2v) is 4.29. The lowest BCUT2D eigenvalue weighted by molar-refractivity contribution is -0.150. The van der Waals surface area contributed by atoms with Crippen LogP contribution in [0, 0.1) is 6.92 Å². The Kier molecular flexibility index (Phi) is 5.16. The summed E-state index contributed by atoms with van der Waals surface area (Å²) in [5.41, 5.74) is 7.49. The second-order valence-electron chi connectivity index (χ2n) is 4.29. The van der Waals surface area contributed by atoms with E-state index in [0.717, 1.165) is 11.1 Å². The summed E-state index contributed by atoms with van der Waals surface area (Å²) in [6.45, 7) is 3.16. The Balaban J connectivity index is 2.97. The molecular formula is C13H19F3N2. The number of aryl methyl sites for hydroxylation is 1. The SMILES string of the molecule is CCN(CC(F)(F)F)C(CN)c1ccccc1C. The highest BCUT2D eigenvalue weighted by Crippen LogP contribution is 2.26. The summed E-state index contributed by atoms with van der Waals surface area (Å²) in [7, 11) is 0. The number of alkyl halides is 3. The van der Waals surface area contributed by atoms with E-state index in [1.54, 1.807) is 6.92 Å². The molecule has 2 nitrogen and oxygen atoms in total. The number of hydrogen-bond donors (Lipinski definition) is 1. The third-order valence-corrected chi connectivity index (χ3v) is 3.00. The number of nitrogens with zero attached hydrogens (tertiary/aromatic N) is 1. The standard InChI is InChI=1S/C13H19F3N2/c1-3-18(9-13(14,15)16)12(8-17)11-7-5-4-6-10(11)2/h4-7,12H,3,8-9,17H2,1-2H3. The van der Waals surface area contributed by atoms with Crippen LogP contribution in [0.1, 0.15) is 24.1 Å². The zero-order valence-corrected chi connectivity index (χ0v) is 10.7. The van der Waals surface area contributed by atoms with Crippen LogP contribution in [0.4, 0.5) is 13.2 Å². The minimum Gasteiger partial charge on any atom is -0.329 e. The number of rotatable bonds is 5. The maximum absolute atomic E-state index is 12.5. The Morgan fingerprint density at radius 1 is 1.28 bits per heavy atom. The van der Waals surface area contributed by atoms with E-state index in [-0.39, 0.29) is 6.54 Å². The number of benzene rings is 1. The number of halogens is 3. The molecule has 1 aromatic carbocycles. The Labute approximate surface area is 106 Å². The molecular weight excluding hydrogens is 241 g/mol. The van der Waals surface area contributed by atoms with Crippen molar-refractivity contribution in [1.29, 1.82) is 0 Å². The van der Waals surface area contributed by atoms with Gasteiger partial charge in [-0.1, -0.05) is 31.2 Å². The number of hydrogen-bond acceptors (Lipinski definition) is 2. The maximum Gasteiger partial charge on any atom is 0.401 e. The Morgan fingerprint density at radius 3 is 2.33 bits per heavy atom. The predicted octanol–water partition coefficient (Wildman–Crippen LogP) is 2.88. The average Bonchev–Trinajstić information content (AvgIpc) is 2.29. The second kappa shape index (κ2) is 6.20. The van der Waals surface area contributed by atoms with E-state index in [4.69, 9.17) is 5.73 Å². The van der Waals surface area contributed by atoms with Crippen LogP contribution in [-0.2, 0) is 0 Å². The zero-order chi connectivity index (χ0) is 13.8. The average molecular weight is 260 g/mol. The first kappa shape index (κ1) is 15.0. The van der Waals surface area contributed by atoms with Crippen LogP contribution in [0.25, 0.3) is 0 Å². The van der Waals surface area contributed by atoms with Gasteiger partial charge in [0.25, 0.3) is 0 Å². The molecule has 0 amide bonds. The molecule has 0 heterocycles. The molecule has 0 aliphatic carbocycles. The fourth-order valence-electron chi connectivity index (χ4n) is 2.11. The smallest absolute Gasteiger partial charge is 0.329 e. The fraction of sp³-hybridized carbons (Fsp3) is 0.538. The van der Waals surface area contributed by atoms with Crippen LogP contribution in [0.2, 0.25) is 0 Å². The Hall–Kier alpha value is -1.07. The molecule has 0 aliphatic heterocycles. The first-order valence-corrected chi connectivity index (χ1v) is 5.95. The van der Waals surface area contributed by atoms with E-state index >= 15 is 0 Å².